The number of hydrogen-bond acceptors (Lipinski definition) is 9. The number of nitrogens with two attached hydrogens (primary N) is 1. The number of sulfonamides is 1. The van der Waals surface area contributed by atoms with Gasteiger partial charge in [-0.25, -0.2) is 18.0 Å². The number of carbonyl (C=O) groups excluding carboxylic acids is 2. The number of nitriles is 1. The fourth-order valence-electron chi connectivity index (χ4n) is 4.57. The van der Waals surface area contributed by atoms with E-state index < -0.39 is 27.9 Å². The molecule has 210 valence electrons. The smallest absolute Gasteiger partial charge is 0.355 e. The Morgan fingerprint density at radius 1 is 0.927 bits per heavy atom. The maximum Gasteiger partial charge on any atom is 0.355 e. The molecule has 1 unspecified atom stereocenters. The van der Waals surface area contributed by atoms with Gasteiger partial charge in [0.2, 0.25) is 0 Å². The highest BCUT2D eigenvalue weighted by atomic mass is 32.2. The van der Waals surface area contributed by atoms with Crippen molar-refractivity contribution in [1.82, 2.24) is 0 Å². The van der Waals surface area contributed by atoms with Gasteiger partial charge in [-0.15, -0.1) is 0 Å². The summed E-state index contributed by atoms with van der Waals surface area (Å²) in [6, 6.07) is 21.4. The number of methoxy groups -OCH3 is 2. The summed E-state index contributed by atoms with van der Waals surface area (Å²) in [7, 11) is -1.66. The number of aryl methyl sites for hydroxylation is 2. The predicted octanol–water partition coefficient (Wildman–Crippen LogP) is 4.00. The van der Waals surface area contributed by atoms with Gasteiger partial charge in [-0.1, -0.05) is 36.4 Å². The van der Waals surface area contributed by atoms with Gasteiger partial charge in [0.25, 0.3) is 10.0 Å². The quantitative estimate of drug-likeness (QED) is 0.400. The third-order valence-electron chi connectivity index (χ3n) is 6.77. The van der Waals surface area contributed by atoms with Crippen LogP contribution in [0, 0.1) is 25.2 Å². The SMILES string of the molecule is COC(=O)C1=C(C(=O)OC)N(c2ccc(S(=O)(=O)Nc3ccc(C)c(C)c3)cc2)C(N)=C(C#N)C1c1ccccc1. The molecule has 0 saturated carbocycles. The number of carbonyl (C=O) groups is 2. The Hall–Kier alpha value is -5.08. The van der Waals surface area contributed by atoms with Gasteiger partial charge < -0.3 is 15.2 Å². The van der Waals surface area contributed by atoms with E-state index in [4.69, 9.17) is 15.2 Å². The van der Waals surface area contributed by atoms with Crippen molar-refractivity contribution in [3.8, 4) is 6.07 Å². The van der Waals surface area contributed by atoms with E-state index in [2.05, 4.69) is 10.8 Å². The van der Waals surface area contributed by atoms with E-state index in [0.717, 1.165) is 25.3 Å². The minimum Gasteiger partial charge on any atom is -0.466 e. The molecule has 41 heavy (non-hydrogen) atoms. The highest BCUT2D eigenvalue weighted by Gasteiger charge is 2.43. The first-order valence-electron chi connectivity index (χ1n) is 12.4. The first kappa shape index (κ1) is 28.9. The van der Waals surface area contributed by atoms with Gasteiger partial charge in [-0.05, 0) is 66.9 Å². The first-order chi connectivity index (χ1) is 19.5. The van der Waals surface area contributed by atoms with E-state index in [9.17, 15) is 23.3 Å². The summed E-state index contributed by atoms with van der Waals surface area (Å²) < 4.78 is 38.8. The molecule has 10 nitrogen and oxygen atoms in total. The number of hydrogen-bond donors (Lipinski definition) is 2. The monoisotopic (exact) mass is 572 g/mol. The predicted molar refractivity (Wildman–Crippen MR) is 153 cm³/mol. The van der Waals surface area contributed by atoms with E-state index in [1.54, 1.807) is 42.5 Å². The number of ether oxygens (including phenoxy) is 2. The van der Waals surface area contributed by atoms with E-state index >= 15 is 0 Å². The molecule has 4 rings (SSSR count). The van der Waals surface area contributed by atoms with Crippen molar-refractivity contribution in [2.45, 2.75) is 24.7 Å². The molecule has 0 spiro atoms. The maximum atomic E-state index is 13.2. The molecule has 0 amide bonds. The molecule has 3 N–H and O–H groups in total. The lowest BCUT2D eigenvalue weighted by Crippen LogP contribution is -2.40. The van der Waals surface area contributed by atoms with E-state index in [1.165, 1.54) is 29.2 Å². The number of nitrogens with one attached hydrogen (secondary N) is 1. The highest BCUT2D eigenvalue weighted by molar-refractivity contribution is 7.92. The molecule has 0 radical (unpaired) electrons. The fraction of sp³-hybridized carbons (Fsp3) is 0.167. The summed E-state index contributed by atoms with van der Waals surface area (Å²) >= 11 is 0. The zero-order valence-electron chi connectivity index (χ0n) is 22.8. The first-order valence-corrected chi connectivity index (χ1v) is 13.9. The van der Waals surface area contributed by atoms with Crippen molar-refractivity contribution in [3.63, 3.8) is 0 Å². The zero-order chi connectivity index (χ0) is 29.9. The van der Waals surface area contributed by atoms with E-state index in [0.29, 0.717) is 11.3 Å². The van der Waals surface area contributed by atoms with Gasteiger partial charge in [0.05, 0.1) is 42.2 Å². The van der Waals surface area contributed by atoms with Gasteiger partial charge in [0.15, 0.2) is 0 Å². The van der Waals surface area contributed by atoms with Gasteiger partial charge in [-0.2, -0.15) is 5.26 Å². The Morgan fingerprint density at radius 2 is 1.56 bits per heavy atom. The van der Waals surface area contributed by atoms with E-state index in [-0.39, 0.29) is 33.2 Å². The lowest BCUT2D eigenvalue weighted by atomic mass is 9.81. The van der Waals surface area contributed by atoms with Crippen molar-refractivity contribution in [2.75, 3.05) is 23.8 Å². The van der Waals surface area contributed by atoms with E-state index in [1.807, 2.05) is 19.9 Å². The van der Waals surface area contributed by atoms with Gasteiger partial charge >= 0.3 is 11.9 Å². The third-order valence-corrected chi connectivity index (χ3v) is 8.17. The standard InChI is InChI=1S/C30H28N4O6S/c1-18-10-11-21(16-19(18)2)33-41(37,38)23-14-12-22(13-15-23)34-27(30(36)40-4)26(29(35)39-3)25(24(17-31)28(34)32)20-8-6-5-7-9-20/h5-16,25,33H,32H2,1-4H3. The van der Waals surface area contributed by atoms with Gasteiger partial charge in [0.1, 0.15) is 11.5 Å². The summed E-state index contributed by atoms with van der Waals surface area (Å²) in [4.78, 5) is 27.5. The maximum absolute atomic E-state index is 13.2. The van der Waals surface area contributed by atoms with Crippen LogP contribution in [-0.2, 0) is 29.1 Å². The van der Waals surface area contributed by atoms with Gasteiger partial charge in [-0.3, -0.25) is 9.62 Å². The lowest BCUT2D eigenvalue weighted by Gasteiger charge is -2.35. The molecule has 3 aromatic rings. The molecule has 0 saturated heterocycles. The van der Waals surface area contributed by atoms with Crippen LogP contribution in [0.1, 0.15) is 22.6 Å². The molecule has 11 heteroatoms. The number of anilines is 2. The molecule has 3 aromatic carbocycles. The summed E-state index contributed by atoms with van der Waals surface area (Å²) in [6.07, 6.45) is 0. The Bertz CT molecular complexity index is 1720. The van der Waals surface area contributed by atoms with Crippen molar-refractivity contribution in [3.05, 3.63) is 112 Å². The van der Waals surface area contributed by atoms with Crippen molar-refractivity contribution >= 4 is 33.3 Å². The van der Waals surface area contributed by atoms with Crippen LogP contribution in [0.15, 0.2) is 100 Å². The molecule has 1 aliphatic rings. The highest BCUT2D eigenvalue weighted by Crippen LogP contribution is 2.43. The van der Waals surface area contributed by atoms with Crippen LogP contribution in [0.5, 0.6) is 0 Å². The normalized spacial score (nSPS) is 15.3. The Balaban J connectivity index is 1.85. The second kappa shape index (κ2) is 11.6. The van der Waals surface area contributed by atoms with Gasteiger partial charge in [0, 0.05) is 11.4 Å². The fourth-order valence-corrected chi connectivity index (χ4v) is 5.62. The third kappa shape index (κ3) is 5.50. The van der Waals surface area contributed by atoms with Crippen LogP contribution >= 0.6 is 0 Å². The van der Waals surface area contributed by atoms with Crippen LogP contribution in [0.2, 0.25) is 0 Å². The molecule has 1 heterocycles. The average molecular weight is 573 g/mol. The molecule has 1 aliphatic heterocycles. The summed E-state index contributed by atoms with van der Waals surface area (Å²) in [6.45, 7) is 3.81. The molecule has 0 fully saturated rings. The number of allylic oxidation sites excluding steroid dienone is 1. The molecule has 0 aliphatic carbocycles. The number of nitrogens with zero attached hydrogens (tertiary/aromatic N) is 2. The summed E-state index contributed by atoms with van der Waals surface area (Å²) in [5.74, 6) is -2.90. The second-order valence-electron chi connectivity index (χ2n) is 9.23. The zero-order valence-corrected chi connectivity index (χ0v) is 23.7. The van der Waals surface area contributed by atoms with Crippen molar-refractivity contribution < 1.29 is 27.5 Å². The summed E-state index contributed by atoms with van der Waals surface area (Å²) in [5, 5.41) is 10.1. The topological polar surface area (TPSA) is 152 Å². The number of rotatable bonds is 7. The molecule has 0 aromatic heterocycles. The lowest BCUT2D eigenvalue weighted by molar-refractivity contribution is -0.139. The molecule has 0 bridgehead atoms. The van der Waals surface area contributed by atoms with Crippen LogP contribution in [-0.4, -0.2) is 34.6 Å². The Morgan fingerprint density at radius 3 is 2.12 bits per heavy atom. The Kier molecular flexibility index (Phi) is 8.16. The van der Waals surface area contributed by atoms with Crippen molar-refractivity contribution in [2.24, 2.45) is 5.73 Å². The average Bonchev–Trinajstić information content (AvgIpc) is 2.97. The minimum atomic E-state index is -3.97. The minimum absolute atomic E-state index is 0.00245. The molecular formula is C30H28N4O6S. The van der Waals surface area contributed by atoms with Crippen LogP contribution in [0.3, 0.4) is 0 Å². The molecule has 1 atom stereocenters. The number of esters is 2. The second-order valence-corrected chi connectivity index (χ2v) is 10.9. The van der Waals surface area contributed by atoms with Crippen LogP contribution in [0.25, 0.3) is 0 Å². The number of benzene rings is 3. The molecular weight excluding hydrogens is 544 g/mol. The Labute approximate surface area is 238 Å². The summed E-state index contributed by atoms with van der Waals surface area (Å²) in [5.41, 5.74) is 9.20. The largest absolute Gasteiger partial charge is 0.466 e. The van der Waals surface area contributed by atoms with Crippen LogP contribution < -0.4 is 15.4 Å². The van der Waals surface area contributed by atoms with Crippen molar-refractivity contribution in [1.29, 1.82) is 5.26 Å². The van der Waals surface area contributed by atoms with Crippen LogP contribution in [0.4, 0.5) is 11.4 Å².